The molecule has 1 aliphatic rings. The molecule has 3 aromatic carbocycles. The maximum atomic E-state index is 10.9. The van der Waals surface area contributed by atoms with E-state index < -0.39 is 5.97 Å². The molecule has 0 radical (unpaired) electrons. The number of benzene rings is 3. The van der Waals surface area contributed by atoms with Gasteiger partial charge in [0.2, 0.25) is 6.79 Å². The standard InChI is InChI=1S/C25H25NO6/c1-26(16-25(27)28)14-13-22(18-5-3-2-4-6-18)32-20-9-7-19(8-10-20)31-21-11-12-23-24(15-21)30-17-29-23/h2-12,15,22H,13-14,16-17H2,1H3,(H,27,28). The third-order valence-electron chi connectivity index (χ3n) is 5.03. The second-order valence-corrected chi connectivity index (χ2v) is 7.53. The van der Waals surface area contributed by atoms with E-state index in [4.69, 9.17) is 24.1 Å². The molecular formula is C25H25NO6. The van der Waals surface area contributed by atoms with Gasteiger partial charge in [0, 0.05) is 19.0 Å². The van der Waals surface area contributed by atoms with Gasteiger partial charge in [0.25, 0.3) is 0 Å². The summed E-state index contributed by atoms with van der Waals surface area (Å²) in [5, 5.41) is 8.98. The highest BCUT2D eigenvalue weighted by atomic mass is 16.7. The molecule has 0 saturated heterocycles. The Hall–Kier alpha value is -3.71. The normalized spacial score (nSPS) is 13.1. The van der Waals surface area contributed by atoms with Crippen LogP contribution in [0.2, 0.25) is 0 Å². The summed E-state index contributed by atoms with van der Waals surface area (Å²) in [7, 11) is 1.79. The van der Waals surface area contributed by atoms with Gasteiger partial charge in [-0.25, -0.2) is 0 Å². The zero-order valence-electron chi connectivity index (χ0n) is 17.8. The van der Waals surface area contributed by atoms with Crippen molar-refractivity contribution in [3.05, 3.63) is 78.4 Å². The van der Waals surface area contributed by atoms with Gasteiger partial charge in [-0.3, -0.25) is 9.69 Å². The fraction of sp³-hybridized carbons (Fsp3) is 0.240. The Morgan fingerprint density at radius 3 is 2.41 bits per heavy atom. The second kappa shape index (κ2) is 10.1. The van der Waals surface area contributed by atoms with E-state index in [1.807, 2.05) is 66.7 Å². The van der Waals surface area contributed by atoms with Crippen LogP contribution in [0.15, 0.2) is 72.8 Å². The maximum Gasteiger partial charge on any atom is 0.317 e. The molecule has 0 fully saturated rings. The van der Waals surface area contributed by atoms with E-state index in [2.05, 4.69) is 0 Å². The predicted octanol–water partition coefficient (Wildman–Crippen LogP) is 4.73. The summed E-state index contributed by atoms with van der Waals surface area (Å²) in [5.74, 6) is 2.57. The van der Waals surface area contributed by atoms with Crippen molar-refractivity contribution in [1.29, 1.82) is 0 Å². The smallest absolute Gasteiger partial charge is 0.317 e. The van der Waals surface area contributed by atoms with Crippen LogP contribution in [-0.2, 0) is 4.79 Å². The molecule has 0 amide bonds. The number of fused-ring (bicyclic) bond motifs is 1. The van der Waals surface area contributed by atoms with Crippen molar-refractivity contribution in [2.45, 2.75) is 12.5 Å². The summed E-state index contributed by atoms with van der Waals surface area (Å²) in [6, 6.07) is 22.8. The number of ether oxygens (including phenoxy) is 4. The van der Waals surface area contributed by atoms with E-state index in [0.29, 0.717) is 41.7 Å². The average molecular weight is 435 g/mol. The van der Waals surface area contributed by atoms with Crippen LogP contribution in [0.4, 0.5) is 0 Å². The first-order chi connectivity index (χ1) is 15.6. The highest BCUT2D eigenvalue weighted by molar-refractivity contribution is 5.69. The Bertz CT molecular complexity index is 1040. The number of carbonyl (C=O) groups is 1. The number of carboxylic acids is 1. The minimum atomic E-state index is -0.845. The summed E-state index contributed by atoms with van der Waals surface area (Å²) in [6.07, 6.45) is 0.455. The lowest BCUT2D eigenvalue weighted by atomic mass is 10.1. The highest BCUT2D eigenvalue weighted by Gasteiger charge is 2.16. The zero-order valence-corrected chi connectivity index (χ0v) is 17.8. The highest BCUT2D eigenvalue weighted by Crippen LogP contribution is 2.37. The molecule has 0 aromatic heterocycles. The van der Waals surface area contributed by atoms with Gasteiger partial charge in [0.05, 0.1) is 6.54 Å². The summed E-state index contributed by atoms with van der Waals surface area (Å²) in [4.78, 5) is 12.7. The van der Waals surface area contributed by atoms with Gasteiger partial charge in [-0.1, -0.05) is 30.3 Å². The van der Waals surface area contributed by atoms with Crippen molar-refractivity contribution in [2.24, 2.45) is 0 Å². The minimum absolute atomic E-state index is 0.00654. The Morgan fingerprint density at radius 1 is 0.969 bits per heavy atom. The maximum absolute atomic E-state index is 10.9. The molecule has 7 heteroatoms. The SMILES string of the molecule is CN(CCC(Oc1ccc(Oc2ccc3c(c2)OCO3)cc1)c1ccccc1)CC(=O)O. The molecule has 4 rings (SSSR count). The Balaban J connectivity index is 1.41. The molecule has 7 nitrogen and oxygen atoms in total. The molecule has 1 heterocycles. The van der Waals surface area contributed by atoms with Gasteiger partial charge in [0.15, 0.2) is 11.5 Å². The lowest BCUT2D eigenvalue weighted by Gasteiger charge is -2.22. The van der Waals surface area contributed by atoms with Crippen molar-refractivity contribution in [3.8, 4) is 28.7 Å². The van der Waals surface area contributed by atoms with Crippen molar-refractivity contribution in [3.63, 3.8) is 0 Å². The molecule has 1 atom stereocenters. The third-order valence-corrected chi connectivity index (χ3v) is 5.03. The van der Waals surface area contributed by atoms with Gasteiger partial charge in [0.1, 0.15) is 23.4 Å². The van der Waals surface area contributed by atoms with Crippen LogP contribution in [-0.4, -0.2) is 42.9 Å². The van der Waals surface area contributed by atoms with E-state index >= 15 is 0 Å². The van der Waals surface area contributed by atoms with Crippen LogP contribution in [0, 0.1) is 0 Å². The number of hydrogen-bond donors (Lipinski definition) is 1. The fourth-order valence-corrected chi connectivity index (χ4v) is 3.44. The molecule has 1 aliphatic heterocycles. The number of carboxylic acid groups (broad SMARTS) is 1. The topological polar surface area (TPSA) is 77.5 Å². The van der Waals surface area contributed by atoms with Crippen LogP contribution < -0.4 is 18.9 Å². The molecule has 1 unspecified atom stereocenters. The quantitative estimate of drug-likeness (QED) is 0.493. The molecule has 3 aromatic rings. The molecule has 166 valence electrons. The van der Waals surface area contributed by atoms with E-state index in [1.165, 1.54) is 0 Å². The Labute approximate surface area is 186 Å². The third kappa shape index (κ3) is 5.70. The Kier molecular flexibility index (Phi) is 6.77. The van der Waals surface area contributed by atoms with Crippen LogP contribution in [0.1, 0.15) is 18.1 Å². The molecule has 0 bridgehead atoms. The van der Waals surface area contributed by atoms with Crippen LogP contribution >= 0.6 is 0 Å². The molecular weight excluding hydrogens is 410 g/mol. The second-order valence-electron chi connectivity index (χ2n) is 7.53. The number of likely N-dealkylation sites (N-methyl/N-ethyl adjacent to an activating group) is 1. The molecule has 0 aliphatic carbocycles. The molecule has 0 saturated carbocycles. The molecule has 32 heavy (non-hydrogen) atoms. The van der Waals surface area contributed by atoms with E-state index in [-0.39, 0.29) is 19.4 Å². The summed E-state index contributed by atoms with van der Waals surface area (Å²) in [6.45, 7) is 0.810. The number of aliphatic carboxylic acids is 1. The summed E-state index contributed by atoms with van der Waals surface area (Å²) < 4.78 is 22.9. The first-order valence-corrected chi connectivity index (χ1v) is 10.4. The van der Waals surface area contributed by atoms with Gasteiger partial charge in [-0.15, -0.1) is 0 Å². The lowest BCUT2D eigenvalue weighted by molar-refractivity contribution is -0.138. The first kappa shape index (κ1) is 21.5. The number of rotatable bonds is 10. The Morgan fingerprint density at radius 2 is 1.66 bits per heavy atom. The van der Waals surface area contributed by atoms with E-state index in [9.17, 15) is 4.79 Å². The van der Waals surface area contributed by atoms with Crippen molar-refractivity contribution in [2.75, 3.05) is 26.9 Å². The van der Waals surface area contributed by atoms with Crippen LogP contribution in [0.5, 0.6) is 28.7 Å². The van der Waals surface area contributed by atoms with E-state index in [0.717, 1.165) is 5.56 Å². The predicted molar refractivity (Wildman–Crippen MR) is 119 cm³/mol. The monoisotopic (exact) mass is 435 g/mol. The minimum Gasteiger partial charge on any atom is -0.486 e. The zero-order chi connectivity index (χ0) is 22.3. The van der Waals surface area contributed by atoms with Crippen molar-refractivity contribution < 1.29 is 28.8 Å². The summed E-state index contributed by atoms with van der Waals surface area (Å²) in [5.41, 5.74) is 1.04. The average Bonchev–Trinajstić information content (AvgIpc) is 3.26. The van der Waals surface area contributed by atoms with E-state index in [1.54, 1.807) is 18.0 Å². The van der Waals surface area contributed by atoms with Gasteiger partial charge in [-0.2, -0.15) is 0 Å². The fourth-order valence-electron chi connectivity index (χ4n) is 3.44. The number of nitrogens with zero attached hydrogens (tertiary/aromatic N) is 1. The van der Waals surface area contributed by atoms with Crippen LogP contribution in [0.3, 0.4) is 0 Å². The first-order valence-electron chi connectivity index (χ1n) is 10.4. The number of hydrogen-bond acceptors (Lipinski definition) is 6. The van der Waals surface area contributed by atoms with Crippen molar-refractivity contribution >= 4 is 5.97 Å². The van der Waals surface area contributed by atoms with Crippen LogP contribution in [0.25, 0.3) is 0 Å². The van der Waals surface area contributed by atoms with Gasteiger partial charge >= 0.3 is 5.97 Å². The lowest BCUT2D eigenvalue weighted by Crippen LogP contribution is -2.28. The van der Waals surface area contributed by atoms with Gasteiger partial charge < -0.3 is 24.1 Å². The molecule has 1 N–H and O–H groups in total. The molecule has 0 spiro atoms. The van der Waals surface area contributed by atoms with Crippen molar-refractivity contribution in [1.82, 2.24) is 4.90 Å². The van der Waals surface area contributed by atoms with Gasteiger partial charge in [-0.05, 0) is 49.0 Å². The summed E-state index contributed by atoms with van der Waals surface area (Å²) >= 11 is 0. The largest absolute Gasteiger partial charge is 0.486 e.